The normalized spacial score (nSPS) is 11.1. The first-order chi connectivity index (χ1) is 9.29. The van der Waals surface area contributed by atoms with Crippen molar-refractivity contribution in [3.63, 3.8) is 0 Å². The summed E-state index contributed by atoms with van der Waals surface area (Å²) in [6.07, 6.45) is 3.71. The van der Waals surface area contributed by atoms with Crippen LogP contribution in [-0.2, 0) is 13.0 Å². The van der Waals surface area contributed by atoms with E-state index < -0.39 is 0 Å². The summed E-state index contributed by atoms with van der Waals surface area (Å²) in [5.41, 5.74) is 3.98. The van der Waals surface area contributed by atoms with Gasteiger partial charge in [0.25, 0.3) is 0 Å². The van der Waals surface area contributed by atoms with Crippen molar-refractivity contribution in [3.05, 3.63) is 58.5 Å². The standard InChI is InChI=1S/C15H17ClN2O/c1-2-5-13-8-9-14(19-13)11-18-17-10-12-6-3-4-7-15(12)16/h3-4,6-9,11,17H,2,5,10H2,1H3/b18-11-. The van der Waals surface area contributed by atoms with Gasteiger partial charge in [0.1, 0.15) is 11.5 Å². The summed E-state index contributed by atoms with van der Waals surface area (Å²) < 4.78 is 5.58. The van der Waals surface area contributed by atoms with E-state index in [9.17, 15) is 0 Å². The molecule has 2 rings (SSSR count). The van der Waals surface area contributed by atoms with E-state index in [0.29, 0.717) is 6.54 Å². The van der Waals surface area contributed by atoms with Crippen molar-refractivity contribution in [2.24, 2.45) is 5.10 Å². The molecule has 0 unspecified atom stereocenters. The van der Waals surface area contributed by atoms with Crippen LogP contribution >= 0.6 is 11.6 Å². The monoisotopic (exact) mass is 276 g/mol. The number of hydrogen-bond acceptors (Lipinski definition) is 3. The Morgan fingerprint density at radius 1 is 1.26 bits per heavy atom. The lowest BCUT2D eigenvalue weighted by Gasteiger charge is -2.02. The molecule has 0 radical (unpaired) electrons. The van der Waals surface area contributed by atoms with Gasteiger partial charge in [-0.3, -0.25) is 0 Å². The molecule has 0 aliphatic carbocycles. The molecule has 3 nitrogen and oxygen atoms in total. The molecule has 0 saturated carbocycles. The van der Waals surface area contributed by atoms with Gasteiger partial charge in [-0.2, -0.15) is 5.10 Å². The molecule has 1 N–H and O–H groups in total. The molecule has 0 saturated heterocycles. The number of hydrazone groups is 1. The lowest BCUT2D eigenvalue weighted by molar-refractivity contribution is 0.500. The Bertz CT molecular complexity index is 549. The molecule has 0 atom stereocenters. The molecular weight excluding hydrogens is 260 g/mol. The summed E-state index contributed by atoms with van der Waals surface area (Å²) in [5, 5.41) is 4.87. The molecule has 0 aliphatic heterocycles. The largest absolute Gasteiger partial charge is 0.460 e. The zero-order chi connectivity index (χ0) is 13.5. The second-order valence-electron chi connectivity index (χ2n) is 4.24. The number of halogens is 1. The minimum Gasteiger partial charge on any atom is -0.460 e. The quantitative estimate of drug-likeness (QED) is 0.639. The van der Waals surface area contributed by atoms with E-state index in [4.69, 9.17) is 16.0 Å². The van der Waals surface area contributed by atoms with Crippen molar-refractivity contribution in [2.75, 3.05) is 0 Å². The van der Waals surface area contributed by atoms with E-state index in [1.54, 1.807) is 6.21 Å². The molecule has 0 aliphatic rings. The fourth-order valence-electron chi connectivity index (χ4n) is 1.73. The smallest absolute Gasteiger partial charge is 0.147 e. The van der Waals surface area contributed by atoms with Crippen LogP contribution in [0.2, 0.25) is 5.02 Å². The van der Waals surface area contributed by atoms with Crippen LogP contribution in [0.1, 0.15) is 30.4 Å². The predicted octanol–water partition coefficient (Wildman–Crippen LogP) is 4.01. The summed E-state index contributed by atoms with van der Waals surface area (Å²) in [4.78, 5) is 0. The molecule has 100 valence electrons. The van der Waals surface area contributed by atoms with Gasteiger partial charge in [-0.25, -0.2) is 0 Å². The maximum atomic E-state index is 6.05. The average Bonchev–Trinajstić information content (AvgIpc) is 2.85. The van der Waals surface area contributed by atoms with Crippen molar-refractivity contribution >= 4 is 17.8 Å². The number of aryl methyl sites for hydroxylation is 1. The number of nitrogens with one attached hydrogen (secondary N) is 1. The molecule has 4 heteroatoms. The van der Waals surface area contributed by atoms with Crippen LogP contribution in [0.5, 0.6) is 0 Å². The van der Waals surface area contributed by atoms with Crippen molar-refractivity contribution in [1.29, 1.82) is 0 Å². The van der Waals surface area contributed by atoms with Crippen LogP contribution in [0, 0.1) is 0 Å². The van der Waals surface area contributed by atoms with Crippen molar-refractivity contribution in [1.82, 2.24) is 5.43 Å². The summed E-state index contributed by atoms with van der Waals surface area (Å²) in [5.74, 6) is 1.75. The Hall–Kier alpha value is -1.74. The molecule has 0 amide bonds. The predicted molar refractivity (Wildman–Crippen MR) is 78.6 cm³/mol. The maximum absolute atomic E-state index is 6.05. The second kappa shape index (κ2) is 7.00. The third kappa shape index (κ3) is 4.14. The van der Waals surface area contributed by atoms with Crippen LogP contribution < -0.4 is 5.43 Å². The minimum atomic E-state index is 0.596. The molecule has 1 aromatic carbocycles. The van der Waals surface area contributed by atoms with Gasteiger partial charge < -0.3 is 9.84 Å². The highest BCUT2D eigenvalue weighted by Gasteiger charge is 1.99. The van der Waals surface area contributed by atoms with Crippen LogP contribution in [0.3, 0.4) is 0 Å². The highest BCUT2D eigenvalue weighted by Crippen LogP contribution is 2.14. The second-order valence-corrected chi connectivity index (χ2v) is 4.65. The van der Waals surface area contributed by atoms with Crippen molar-refractivity contribution in [3.8, 4) is 0 Å². The summed E-state index contributed by atoms with van der Waals surface area (Å²) in [6.45, 7) is 2.72. The number of furan rings is 1. The number of hydrogen-bond donors (Lipinski definition) is 1. The third-order valence-corrected chi connectivity index (χ3v) is 3.06. The van der Waals surface area contributed by atoms with Gasteiger partial charge in [0, 0.05) is 11.4 Å². The number of benzene rings is 1. The molecule has 0 bridgehead atoms. The first kappa shape index (κ1) is 13.7. The van der Waals surface area contributed by atoms with Gasteiger partial charge in [0.05, 0.1) is 12.8 Å². The zero-order valence-electron chi connectivity index (χ0n) is 10.9. The Morgan fingerprint density at radius 3 is 2.89 bits per heavy atom. The summed E-state index contributed by atoms with van der Waals surface area (Å²) in [6, 6.07) is 11.6. The topological polar surface area (TPSA) is 37.5 Å². The Balaban J connectivity index is 1.84. The highest BCUT2D eigenvalue weighted by molar-refractivity contribution is 6.31. The van der Waals surface area contributed by atoms with Crippen LogP contribution in [0.4, 0.5) is 0 Å². The van der Waals surface area contributed by atoms with Gasteiger partial charge >= 0.3 is 0 Å². The van der Waals surface area contributed by atoms with E-state index in [-0.39, 0.29) is 0 Å². The van der Waals surface area contributed by atoms with Crippen LogP contribution in [0.15, 0.2) is 45.9 Å². The first-order valence-corrected chi connectivity index (χ1v) is 6.75. The highest BCUT2D eigenvalue weighted by atomic mass is 35.5. The zero-order valence-corrected chi connectivity index (χ0v) is 11.7. The summed E-state index contributed by atoms with van der Waals surface area (Å²) >= 11 is 6.05. The fraction of sp³-hybridized carbons (Fsp3) is 0.267. The van der Waals surface area contributed by atoms with Gasteiger partial charge in [0.15, 0.2) is 0 Å². The fourth-order valence-corrected chi connectivity index (χ4v) is 1.93. The van der Waals surface area contributed by atoms with E-state index >= 15 is 0 Å². The van der Waals surface area contributed by atoms with Gasteiger partial charge in [0.2, 0.25) is 0 Å². The van der Waals surface area contributed by atoms with E-state index in [0.717, 1.165) is 34.9 Å². The maximum Gasteiger partial charge on any atom is 0.147 e. The van der Waals surface area contributed by atoms with E-state index in [2.05, 4.69) is 17.5 Å². The van der Waals surface area contributed by atoms with Gasteiger partial charge in [-0.1, -0.05) is 36.7 Å². The van der Waals surface area contributed by atoms with Gasteiger partial charge in [-0.05, 0) is 30.2 Å². The Morgan fingerprint density at radius 2 is 2.11 bits per heavy atom. The molecule has 0 fully saturated rings. The van der Waals surface area contributed by atoms with Gasteiger partial charge in [-0.15, -0.1) is 0 Å². The number of nitrogens with zero attached hydrogens (tertiary/aromatic N) is 1. The van der Waals surface area contributed by atoms with E-state index in [1.807, 2.05) is 36.4 Å². The third-order valence-electron chi connectivity index (χ3n) is 2.69. The lowest BCUT2D eigenvalue weighted by Crippen LogP contribution is -2.05. The first-order valence-electron chi connectivity index (χ1n) is 6.37. The molecule has 0 spiro atoms. The van der Waals surface area contributed by atoms with E-state index in [1.165, 1.54) is 0 Å². The Kier molecular flexibility index (Phi) is 5.04. The minimum absolute atomic E-state index is 0.596. The molecule has 2 aromatic rings. The van der Waals surface area contributed by atoms with Crippen molar-refractivity contribution in [2.45, 2.75) is 26.3 Å². The van der Waals surface area contributed by atoms with Crippen LogP contribution in [0.25, 0.3) is 0 Å². The Labute approximate surface area is 118 Å². The number of rotatable bonds is 6. The lowest BCUT2D eigenvalue weighted by atomic mass is 10.2. The SMILES string of the molecule is CCCc1ccc(/C=N\NCc2ccccc2Cl)o1. The summed E-state index contributed by atoms with van der Waals surface area (Å²) in [7, 11) is 0. The van der Waals surface area contributed by atoms with Crippen molar-refractivity contribution < 1.29 is 4.42 Å². The molecule has 19 heavy (non-hydrogen) atoms. The molecule has 1 aromatic heterocycles. The molecule has 1 heterocycles. The molecular formula is C15H17ClN2O. The average molecular weight is 277 g/mol. The van der Waals surface area contributed by atoms with Crippen LogP contribution in [-0.4, -0.2) is 6.21 Å².